The van der Waals surface area contributed by atoms with Crippen LogP contribution in [0, 0.1) is 5.82 Å². The molecule has 0 bridgehead atoms. The molecule has 1 fully saturated rings. The standard InChI is InChI=1S/C22H27BFN5O4S/c1-21(2)22(3,4)33-23(32-21)14-9-16(20(25)26-10-14)13-7-17(24)19(31-6)18(8-13)28-34(30)15-11-27-29(5)12-15/h7-12,28H,1-6H3,(H2,25,26). The molecule has 0 amide bonds. The first kappa shape index (κ1) is 24.2. The predicted molar refractivity (Wildman–Crippen MR) is 130 cm³/mol. The van der Waals surface area contributed by atoms with Crippen molar-refractivity contribution in [1.82, 2.24) is 14.8 Å². The molecule has 12 heteroatoms. The van der Waals surface area contributed by atoms with Crippen molar-refractivity contribution in [3.8, 4) is 16.9 Å². The highest BCUT2D eigenvalue weighted by Crippen LogP contribution is 2.38. The Hall–Kier alpha value is -2.96. The van der Waals surface area contributed by atoms with Crippen molar-refractivity contribution in [3.63, 3.8) is 0 Å². The van der Waals surface area contributed by atoms with Gasteiger partial charge in [-0.2, -0.15) is 5.10 Å². The molecule has 1 aliphatic rings. The molecule has 3 N–H and O–H groups in total. The van der Waals surface area contributed by atoms with E-state index in [1.165, 1.54) is 24.1 Å². The zero-order valence-electron chi connectivity index (χ0n) is 19.9. The Morgan fingerprint density at radius 1 is 1.18 bits per heavy atom. The van der Waals surface area contributed by atoms with E-state index in [-0.39, 0.29) is 17.3 Å². The number of benzene rings is 1. The van der Waals surface area contributed by atoms with Crippen LogP contribution in [0.1, 0.15) is 27.7 Å². The zero-order chi connectivity index (χ0) is 24.8. The Balaban J connectivity index is 1.72. The van der Waals surface area contributed by atoms with Gasteiger partial charge in [-0.25, -0.2) is 13.6 Å². The molecule has 0 spiro atoms. The number of rotatable bonds is 6. The quantitative estimate of drug-likeness (QED) is 0.514. The summed E-state index contributed by atoms with van der Waals surface area (Å²) >= 11 is 0. The smallest absolute Gasteiger partial charge is 0.492 e. The summed E-state index contributed by atoms with van der Waals surface area (Å²) in [7, 11) is 0.700. The maximum Gasteiger partial charge on any atom is 0.496 e. The van der Waals surface area contributed by atoms with Crippen molar-refractivity contribution in [2.24, 2.45) is 7.05 Å². The topological polar surface area (TPSA) is 114 Å². The van der Waals surface area contributed by atoms with E-state index in [4.69, 9.17) is 19.8 Å². The summed E-state index contributed by atoms with van der Waals surface area (Å²) in [4.78, 5) is 4.71. The van der Waals surface area contributed by atoms with Crippen LogP contribution in [0.2, 0.25) is 0 Å². The van der Waals surface area contributed by atoms with Crippen LogP contribution in [0.25, 0.3) is 11.1 Å². The first-order valence-corrected chi connectivity index (χ1v) is 11.7. The molecule has 1 atom stereocenters. The van der Waals surface area contributed by atoms with E-state index in [0.29, 0.717) is 21.5 Å². The third kappa shape index (κ3) is 4.40. The van der Waals surface area contributed by atoms with Gasteiger partial charge in [0.2, 0.25) is 0 Å². The highest BCUT2D eigenvalue weighted by atomic mass is 32.2. The molecule has 1 aliphatic heterocycles. The molecule has 1 unspecified atom stereocenters. The van der Waals surface area contributed by atoms with Crippen molar-refractivity contribution >= 4 is 35.1 Å². The molecular weight excluding hydrogens is 460 g/mol. The molecule has 0 aliphatic carbocycles. The van der Waals surface area contributed by atoms with Crippen LogP contribution in [0.15, 0.2) is 41.7 Å². The fourth-order valence-electron chi connectivity index (χ4n) is 3.52. The fraction of sp³-hybridized carbons (Fsp3) is 0.364. The monoisotopic (exact) mass is 487 g/mol. The Morgan fingerprint density at radius 3 is 2.44 bits per heavy atom. The number of ether oxygens (including phenoxy) is 1. The third-order valence-electron chi connectivity index (χ3n) is 6.12. The van der Waals surface area contributed by atoms with Gasteiger partial charge in [0, 0.05) is 30.5 Å². The second-order valence-corrected chi connectivity index (χ2v) is 10.3. The molecular formula is C22H27BFN5O4S. The minimum Gasteiger partial charge on any atom is -0.492 e. The third-order valence-corrected chi connectivity index (χ3v) is 7.17. The average Bonchev–Trinajstić information content (AvgIpc) is 3.28. The second kappa shape index (κ2) is 8.68. The van der Waals surface area contributed by atoms with E-state index < -0.39 is 35.1 Å². The van der Waals surface area contributed by atoms with Gasteiger partial charge >= 0.3 is 7.12 Å². The van der Waals surface area contributed by atoms with Crippen LogP contribution >= 0.6 is 0 Å². The lowest BCUT2D eigenvalue weighted by atomic mass is 9.79. The first-order valence-electron chi connectivity index (χ1n) is 10.6. The summed E-state index contributed by atoms with van der Waals surface area (Å²) in [5, 5.41) is 4.01. The summed E-state index contributed by atoms with van der Waals surface area (Å²) < 4.78 is 49.5. The summed E-state index contributed by atoms with van der Waals surface area (Å²) in [6.07, 6.45) is 4.65. The number of nitrogen functional groups attached to an aromatic ring is 1. The van der Waals surface area contributed by atoms with Crippen LogP contribution in [-0.2, 0) is 27.3 Å². The molecule has 9 nitrogen and oxygen atoms in total. The van der Waals surface area contributed by atoms with Crippen molar-refractivity contribution in [2.75, 3.05) is 17.6 Å². The van der Waals surface area contributed by atoms with Gasteiger partial charge in [0.15, 0.2) is 22.6 Å². The Morgan fingerprint density at radius 2 is 1.85 bits per heavy atom. The number of nitrogens with zero attached hydrogens (tertiary/aromatic N) is 3. The van der Waals surface area contributed by atoms with Gasteiger partial charge in [-0.3, -0.25) is 9.40 Å². The van der Waals surface area contributed by atoms with Crippen LogP contribution in [0.5, 0.6) is 5.75 Å². The van der Waals surface area contributed by atoms with Gasteiger partial charge in [-0.05, 0) is 51.5 Å². The summed E-state index contributed by atoms with van der Waals surface area (Å²) in [6, 6.07) is 4.66. The van der Waals surface area contributed by atoms with Crippen LogP contribution < -0.4 is 20.7 Å². The van der Waals surface area contributed by atoms with Gasteiger partial charge in [-0.1, -0.05) is 0 Å². The predicted octanol–water partition coefficient (Wildman–Crippen LogP) is 2.65. The molecule has 1 saturated heterocycles. The van der Waals surface area contributed by atoms with Crippen molar-refractivity contribution in [2.45, 2.75) is 43.8 Å². The number of nitrogens with two attached hydrogens (primary N) is 1. The van der Waals surface area contributed by atoms with Crippen molar-refractivity contribution in [3.05, 3.63) is 42.6 Å². The van der Waals surface area contributed by atoms with Gasteiger partial charge in [-0.15, -0.1) is 0 Å². The highest BCUT2D eigenvalue weighted by molar-refractivity contribution is 7.86. The van der Waals surface area contributed by atoms with E-state index in [9.17, 15) is 8.60 Å². The Bertz CT molecular complexity index is 1250. The summed E-state index contributed by atoms with van der Waals surface area (Å²) in [6.45, 7) is 7.82. The Kier molecular flexibility index (Phi) is 6.17. The van der Waals surface area contributed by atoms with Gasteiger partial charge < -0.3 is 19.8 Å². The average molecular weight is 487 g/mol. The largest absolute Gasteiger partial charge is 0.496 e. The zero-order valence-corrected chi connectivity index (χ0v) is 20.7. The number of hydrogen-bond donors (Lipinski definition) is 2. The lowest BCUT2D eigenvalue weighted by Gasteiger charge is -2.32. The molecule has 0 saturated carbocycles. The lowest BCUT2D eigenvalue weighted by molar-refractivity contribution is 0.00578. The SMILES string of the molecule is COc1c(F)cc(-c2cc(B3OC(C)(C)C(C)(C)O3)cnc2N)cc1NS(=O)c1cnn(C)c1. The normalized spacial score (nSPS) is 17.6. The van der Waals surface area contributed by atoms with Crippen LogP contribution in [0.4, 0.5) is 15.9 Å². The van der Waals surface area contributed by atoms with Crippen LogP contribution in [-0.4, -0.2) is 44.4 Å². The van der Waals surface area contributed by atoms with E-state index in [1.54, 1.807) is 31.6 Å². The number of anilines is 2. The van der Waals surface area contributed by atoms with E-state index >= 15 is 0 Å². The van der Waals surface area contributed by atoms with Gasteiger partial charge in [0.1, 0.15) is 5.82 Å². The molecule has 3 aromatic rings. The number of pyridine rings is 1. The lowest BCUT2D eigenvalue weighted by Crippen LogP contribution is -2.41. The number of hydrogen-bond acceptors (Lipinski definition) is 7. The Labute approximate surface area is 200 Å². The number of nitrogens with one attached hydrogen (secondary N) is 1. The second-order valence-electron chi connectivity index (χ2n) is 9.05. The molecule has 34 heavy (non-hydrogen) atoms. The molecule has 0 radical (unpaired) electrons. The van der Waals surface area contributed by atoms with Gasteiger partial charge in [0.05, 0.1) is 35.1 Å². The first-order chi connectivity index (χ1) is 15.9. The molecule has 3 heterocycles. The maximum absolute atomic E-state index is 15.0. The number of halogens is 1. The minimum atomic E-state index is -1.69. The molecule has 4 rings (SSSR count). The number of aryl methyl sites for hydroxylation is 1. The maximum atomic E-state index is 15.0. The molecule has 180 valence electrons. The summed E-state index contributed by atoms with van der Waals surface area (Å²) in [5.74, 6) is -0.523. The molecule has 1 aromatic carbocycles. The highest BCUT2D eigenvalue weighted by Gasteiger charge is 2.51. The van der Waals surface area contributed by atoms with Gasteiger partial charge in [0.25, 0.3) is 0 Å². The van der Waals surface area contributed by atoms with Crippen molar-refractivity contribution in [1.29, 1.82) is 0 Å². The van der Waals surface area contributed by atoms with E-state index in [2.05, 4.69) is 14.8 Å². The number of methoxy groups -OCH3 is 1. The fourth-order valence-corrected chi connectivity index (χ4v) is 4.38. The van der Waals surface area contributed by atoms with Crippen molar-refractivity contribution < 1.29 is 22.6 Å². The minimum absolute atomic E-state index is 0.0744. The van der Waals surface area contributed by atoms with Crippen LogP contribution in [0.3, 0.4) is 0 Å². The van der Waals surface area contributed by atoms with E-state index in [0.717, 1.165) is 0 Å². The summed E-state index contributed by atoms with van der Waals surface area (Å²) in [5.41, 5.74) is 6.84. The van der Waals surface area contributed by atoms with E-state index in [1.807, 2.05) is 27.7 Å². The molecule has 2 aromatic heterocycles. The number of aromatic nitrogens is 3.